The first-order chi connectivity index (χ1) is 9.22. The van der Waals surface area contributed by atoms with Crippen molar-refractivity contribution in [1.29, 1.82) is 0 Å². The number of hydrogen-bond acceptors (Lipinski definition) is 3. The van der Waals surface area contributed by atoms with Crippen molar-refractivity contribution in [1.82, 2.24) is 0 Å². The molecule has 3 heteroatoms. The van der Waals surface area contributed by atoms with E-state index in [1.807, 2.05) is 36.4 Å². The zero-order chi connectivity index (χ0) is 13.9. The topological polar surface area (TPSA) is 49.7 Å². The van der Waals surface area contributed by atoms with E-state index in [0.29, 0.717) is 19.4 Å². The maximum atomic E-state index is 9.68. The minimum atomic E-state index is -0.606. The van der Waals surface area contributed by atoms with Gasteiger partial charge >= 0.3 is 0 Å². The highest BCUT2D eigenvalue weighted by Crippen LogP contribution is 2.05. The van der Waals surface area contributed by atoms with E-state index in [2.05, 4.69) is 6.58 Å². The van der Waals surface area contributed by atoms with Crippen molar-refractivity contribution in [2.45, 2.75) is 25.6 Å². The molecule has 1 aromatic carbocycles. The Morgan fingerprint density at radius 1 is 1.32 bits per heavy atom. The van der Waals surface area contributed by atoms with Gasteiger partial charge in [0.25, 0.3) is 0 Å². The summed E-state index contributed by atoms with van der Waals surface area (Å²) in [7, 11) is 0. The molecule has 0 radical (unpaired) electrons. The monoisotopic (exact) mass is 262 g/mol. The van der Waals surface area contributed by atoms with Crippen molar-refractivity contribution in [2.24, 2.45) is 0 Å². The van der Waals surface area contributed by atoms with Crippen molar-refractivity contribution in [3.8, 4) is 0 Å². The summed E-state index contributed by atoms with van der Waals surface area (Å²) >= 11 is 0. The predicted molar refractivity (Wildman–Crippen MR) is 76.7 cm³/mol. The van der Waals surface area contributed by atoms with E-state index in [1.165, 1.54) is 0 Å². The third-order valence-corrected chi connectivity index (χ3v) is 2.63. The van der Waals surface area contributed by atoms with Crippen LogP contribution in [-0.2, 0) is 11.3 Å². The lowest BCUT2D eigenvalue weighted by Gasteiger charge is -2.07. The maximum absolute atomic E-state index is 9.68. The Morgan fingerprint density at radius 3 is 2.74 bits per heavy atom. The van der Waals surface area contributed by atoms with E-state index in [1.54, 1.807) is 6.08 Å². The number of allylic oxidation sites excluding steroid dienone is 1. The molecule has 2 N–H and O–H groups in total. The van der Waals surface area contributed by atoms with Crippen LogP contribution in [0.3, 0.4) is 0 Å². The number of rotatable bonds is 9. The van der Waals surface area contributed by atoms with Gasteiger partial charge in [-0.3, -0.25) is 0 Å². The fraction of sp³-hybridized carbons (Fsp3) is 0.375. The summed E-state index contributed by atoms with van der Waals surface area (Å²) in [6, 6.07) is 9.85. The van der Waals surface area contributed by atoms with Crippen molar-refractivity contribution < 1.29 is 14.9 Å². The third-order valence-electron chi connectivity index (χ3n) is 2.63. The van der Waals surface area contributed by atoms with Crippen LogP contribution < -0.4 is 0 Å². The second-order valence-electron chi connectivity index (χ2n) is 4.42. The Kier molecular flexibility index (Phi) is 7.82. The lowest BCUT2D eigenvalue weighted by molar-refractivity contribution is 0.0503. The largest absolute Gasteiger partial charge is 0.396 e. The molecular formula is C16H22O3. The molecule has 1 rings (SSSR count). The first-order valence-corrected chi connectivity index (χ1v) is 6.46. The number of aliphatic hydroxyl groups excluding tert-OH is 2. The molecule has 0 fully saturated rings. The second kappa shape index (κ2) is 9.50. The normalized spacial score (nSPS) is 12.7. The summed E-state index contributed by atoms with van der Waals surface area (Å²) < 4.78 is 5.42. The first-order valence-electron chi connectivity index (χ1n) is 6.46. The van der Waals surface area contributed by atoms with Crippen LogP contribution in [0.15, 0.2) is 54.6 Å². The molecule has 0 saturated heterocycles. The van der Waals surface area contributed by atoms with Gasteiger partial charge in [-0.2, -0.15) is 0 Å². The SMILES string of the molecule is C=C(C/C=C\[C@@H](O)COCc1ccccc1)CCO. The number of hydrogen-bond donors (Lipinski definition) is 2. The molecule has 0 amide bonds. The minimum Gasteiger partial charge on any atom is -0.396 e. The lowest BCUT2D eigenvalue weighted by atomic mass is 10.1. The van der Waals surface area contributed by atoms with E-state index >= 15 is 0 Å². The Bertz CT molecular complexity index is 384. The summed E-state index contributed by atoms with van der Waals surface area (Å²) in [6.45, 7) is 4.72. The molecule has 0 aliphatic carbocycles. The molecule has 0 aromatic heterocycles. The fourth-order valence-electron chi connectivity index (χ4n) is 1.58. The van der Waals surface area contributed by atoms with Gasteiger partial charge in [-0.05, 0) is 18.4 Å². The maximum Gasteiger partial charge on any atom is 0.0954 e. The van der Waals surface area contributed by atoms with Crippen LogP contribution in [-0.4, -0.2) is 29.5 Å². The van der Waals surface area contributed by atoms with Crippen LogP contribution in [0.5, 0.6) is 0 Å². The average molecular weight is 262 g/mol. The van der Waals surface area contributed by atoms with Gasteiger partial charge in [0, 0.05) is 6.61 Å². The van der Waals surface area contributed by atoms with Crippen molar-refractivity contribution in [2.75, 3.05) is 13.2 Å². The molecule has 0 heterocycles. The molecule has 0 aliphatic heterocycles. The molecule has 1 aromatic rings. The van der Waals surface area contributed by atoms with E-state index in [0.717, 1.165) is 11.1 Å². The molecule has 104 valence electrons. The van der Waals surface area contributed by atoms with Crippen LogP contribution in [0.1, 0.15) is 18.4 Å². The molecule has 1 atom stereocenters. The fourth-order valence-corrected chi connectivity index (χ4v) is 1.58. The van der Waals surface area contributed by atoms with Gasteiger partial charge in [-0.25, -0.2) is 0 Å². The smallest absolute Gasteiger partial charge is 0.0954 e. The zero-order valence-electron chi connectivity index (χ0n) is 11.2. The van der Waals surface area contributed by atoms with Crippen LogP contribution in [0, 0.1) is 0 Å². The number of benzene rings is 1. The van der Waals surface area contributed by atoms with Gasteiger partial charge in [-0.1, -0.05) is 54.6 Å². The van der Waals surface area contributed by atoms with Gasteiger partial charge in [0.2, 0.25) is 0 Å². The third kappa shape index (κ3) is 7.57. The van der Waals surface area contributed by atoms with Crippen LogP contribution in [0.25, 0.3) is 0 Å². The van der Waals surface area contributed by atoms with Crippen molar-refractivity contribution in [3.63, 3.8) is 0 Å². The quantitative estimate of drug-likeness (QED) is 0.672. The van der Waals surface area contributed by atoms with E-state index in [-0.39, 0.29) is 13.2 Å². The first kappa shape index (κ1) is 15.6. The molecule has 19 heavy (non-hydrogen) atoms. The van der Waals surface area contributed by atoms with Gasteiger partial charge < -0.3 is 14.9 Å². The summed E-state index contributed by atoms with van der Waals surface area (Å²) in [4.78, 5) is 0. The summed E-state index contributed by atoms with van der Waals surface area (Å²) in [6.07, 6.45) is 4.23. The Balaban J connectivity index is 2.15. The second-order valence-corrected chi connectivity index (χ2v) is 4.42. The highest BCUT2D eigenvalue weighted by Gasteiger charge is 1.99. The van der Waals surface area contributed by atoms with E-state index in [4.69, 9.17) is 9.84 Å². The summed E-state index contributed by atoms with van der Waals surface area (Å²) in [5, 5.41) is 18.4. The summed E-state index contributed by atoms with van der Waals surface area (Å²) in [5.74, 6) is 0. The lowest BCUT2D eigenvalue weighted by Crippen LogP contribution is -2.12. The Hall–Kier alpha value is -1.42. The van der Waals surface area contributed by atoms with Crippen LogP contribution in [0.2, 0.25) is 0 Å². The van der Waals surface area contributed by atoms with E-state index < -0.39 is 6.10 Å². The molecule has 0 unspecified atom stereocenters. The number of aliphatic hydroxyl groups is 2. The van der Waals surface area contributed by atoms with Gasteiger partial charge in [0.05, 0.1) is 19.3 Å². The average Bonchev–Trinajstić information content (AvgIpc) is 2.40. The Labute approximate surface area is 114 Å². The van der Waals surface area contributed by atoms with Crippen molar-refractivity contribution >= 4 is 0 Å². The Morgan fingerprint density at radius 2 is 2.05 bits per heavy atom. The van der Waals surface area contributed by atoms with Crippen molar-refractivity contribution in [3.05, 3.63) is 60.2 Å². The summed E-state index contributed by atoms with van der Waals surface area (Å²) in [5.41, 5.74) is 2.05. The molecular weight excluding hydrogens is 240 g/mol. The highest BCUT2D eigenvalue weighted by atomic mass is 16.5. The molecule has 0 aliphatic rings. The highest BCUT2D eigenvalue weighted by molar-refractivity contribution is 5.13. The zero-order valence-corrected chi connectivity index (χ0v) is 11.2. The standard InChI is InChI=1S/C16H22O3/c1-14(10-11-17)6-5-9-16(18)13-19-12-15-7-3-2-4-8-15/h2-5,7-9,16-18H,1,6,10-13H2/b9-5-/t16-/m1/s1. The molecule has 0 spiro atoms. The van der Waals surface area contributed by atoms with Gasteiger partial charge in [0.1, 0.15) is 0 Å². The van der Waals surface area contributed by atoms with Gasteiger partial charge in [0.15, 0.2) is 0 Å². The molecule has 3 nitrogen and oxygen atoms in total. The minimum absolute atomic E-state index is 0.120. The van der Waals surface area contributed by atoms with E-state index in [9.17, 15) is 5.11 Å². The van der Waals surface area contributed by atoms with Crippen LogP contribution in [0.4, 0.5) is 0 Å². The molecule has 0 bridgehead atoms. The van der Waals surface area contributed by atoms with Gasteiger partial charge in [-0.15, -0.1) is 0 Å². The van der Waals surface area contributed by atoms with Crippen LogP contribution >= 0.6 is 0 Å². The predicted octanol–water partition coefficient (Wildman–Crippen LogP) is 2.45. The number of ether oxygens (including phenoxy) is 1. The molecule has 0 saturated carbocycles.